The fourth-order valence-electron chi connectivity index (χ4n) is 2.39. The van der Waals surface area contributed by atoms with Gasteiger partial charge in [0, 0.05) is 13.1 Å². The highest BCUT2D eigenvalue weighted by atomic mass is 35.5. The molecule has 1 amide bonds. The molecule has 0 atom stereocenters. The van der Waals surface area contributed by atoms with Gasteiger partial charge in [0.2, 0.25) is 0 Å². The van der Waals surface area contributed by atoms with Gasteiger partial charge in [0.1, 0.15) is 12.2 Å². The number of halogens is 3. The lowest BCUT2D eigenvalue weighted by Gasteiger charge is -2.32. The third-order valence-electron chi connectivity index (χ3n) is 3.34. The normalized spacial score (nSPS) is 14.4. The first-order chi connectivity index (χ1) is 10.7. The number of carbonyl (C=O) groups is 1. The highest BCUT2D eigenvalue weighted by Gasteiger charge is 2.28. The van der Waals surface area contributed by atoms with Crippen molar-refractivity contribution in [3.8, 4) is 5.75 Å². The van der Waals surface area contributed by atoms with E-state index in [9.17, 15) is 4.79 Å². The minimum atomic E-state index is -0.522. The molecule has 1 aromatic rings. The molecule has 23 heavy (non-hydrogen) atoms. The molecule has 1 aliphatic heterocycles. The van der Waals surface area contributed by atoms with Crippen LogP contribution in [0.1, 0.15) is 31.9 Å². The summed E-state index contributed by atoms with van der Waals surface area (Å²) in [7, 11) is 0. The van der Waals surface area contributed by atoms with E-state index in [1.54, 1.807) is 11.0 Å². The van der Waals surface area contributed by atoms with Crippen LogP contribution in [0.4, 0.5) is 4.79 Å². The summed E-state index contributed by atoms with van der Waals surface area (Å²) in [4.78, 5) is 13.9. The van der Waals surface area contributed by atoms with Crippen molar-refractivity contribution in [2.45, 2.75) is 39.3 Å². The molecule has 0 N–H and O–H groups in total. The lowest BCUT2D eigenvalue weighted by molar-refractivity contribution is 0.0224. The van der Waals surface area contributed by atoms with Crippen molar-refractivity contribution in [1.29, 1.82) is 0 Å². The van der Waals surface area contributed by atoms with Crippen LogP contribution in [0.2, 0.25) is 10.0 Å². The van der Waals surface area contributed by atoms with Gasteiger partial charge in [-0.25, -0.2) is 4.79 Å². The van der Waals surface area contributed by atoms with Crippen molar-refractivity contribution in [3.63, 3.8) is 0 Å². The first-order valence-corrected chi connectivity index (χ1v) is 8.68. The summed E-state index contributed by atoms with van der Waals surface area (Å²) < 4.78 is 10.9. The summed E-state index contributed by atoms with van der Waals surface area (Å²) in [6, 6.07) is 1.79. The van der Waals surface area contributed by atoms with Crippen LogP contribution >= 0.6 is 34.8 Å². The molecule has 128 valence electrons. The Morgan fingerprint density at radius 3 is 2.65 bits per heavy atom. The van der Waals surface area contributed by atoms with E-state index in [1.807, 2.05) is 20.8 Å². The minimum absolute atomic E-state index is 0.335. The summed E-state index contributed by atoms with van der Waals surface area (Å²) in [6.07, 6.45) is 0.291. The van der Waals surface area contributed by atoms with E-state index in [-0.39, 0.29) is 6.09 Å². The van der Waals surface area contributed by atoms with Crippen molar-refractivity contribution >= 4 is 40.9 Å². The van der Waals surface area contributed by atoms with Crippen LogP contribution < -0.4 is 4.74 Å². The van der Waals surface area contributed by atoms with E-state index in [4.69, 9.17) is 44.3 Å². The van der Waals surface area contributed by atoms with E-state index in [0.717, 1.165) is 11.1 Å². The lowest BCUT2D eigenvalue weighted by atomic mass is 9.99. The number of carbonyl (C=O) groups excluding carboxylic acids is 1. The number of ether oxygens (including phenoxy) is 2. The topological polar surface area (TPSA) is 38.8 Å². The third kappa shape index (κ3) is 4.59. The van der Waals surface area contributed by atoms with Gasteiger partial charge in [0.25, 0.3) is 0 Å². The Hall–Kier alpha value is -0.840. The fourth-order valence-corrected chi connectivity index (χ4v) is 3.17. The molecule has 0 bridgehead atoms. The summed E-state index contributed by atoms with van der Waals surface area (Å²) in [6.45, 7) is 6.83. The number of rotatable bonds is 3. The molecule has 4 nitrogen and oxygen atoms in total. The van der Waals surface area contributed by atoms with Gasteiger partial charge in [-0.3, -0.25) is 0 Å². The largest absolute Gasteiger partial charge is 0.489 e. The highest BCUT2D eigenvalue weighted by molar-refractivity contribution is 6.37. The van der Waals surface area contributed by atoms with Crippen molar-refractivity contribution in [1.82, 2.24) is 4.90 Å². The number of amides is 1. The second-order valence-electron chi connectivity index (χ2n) is 6.33. The van der Waals surface area contributed by atoms with Crippen LogP contribution in [0.25, 0.3) is 0 Å². The fraction of sp³-hybridized carbons (Fsp3) is 0.562. The number of hydrogen-bond acceptors (Lipinski definition) is 3. The van der Waals surface area contributed by atoms with E-state index in [2.05, 4.69) is 0 Å². The summed E-state index contributed by atoms with van der Waals surface area (Å²) in [5, 5.41) is 0.923. The Balaban J connectivity index is 2.20. The smallest absolute Gasteiger partial charge is 0.410 e. The van der Waals surface area contributed by atoms with Gasteiger partial charge in [-0.05, 0) is 44.4 Å². The Labute approximate surface area is 151 Å². The summed E-state index contributed by atoms with van der Waals surface area (Å²) >= 11 is 18.3. The maximum Gasteiger partial charge on any atom is 0.410 e. The average molecular weight is 381 g/mol. The van der Waals surface area contributed by atoms with Crippen LogP contribution in [0.15, 0.2) is 6.07 Å². The maximum atomic E-state index is 12.2. The molecule has 0 aromatic heterocycles. The van der Waals surface area contributed by atoms with Crippen LogP contribution in [0.3, 0.4) is 0 Å². The molecule has 0 fully saturated rings. The van der Waals surface area contributed by atoms with Gasteiger partial charge in [0.05, 0.1) is 15.9 Å². The van der Waals surface area contributed by atoms with E-state index in [1.165, 1.54) is 0 Å². The first-order valence-electron chi connectivity index (χ1n) is 7.39. The molecule has 7 heteroatoms. The van der Waals surface area contributed by atoms with E-state index >= 15 is 0 Å². The van der Waals surface area contributed by atoms with Crippen molar-refractivity contribution in [2.75, 3.05) is 19.0 Å². The Kier molecular flexibility index (Phi) is 5.93. The lowest BCUT2D eigenvalue weighted by Crippen LogP contribution is -2.40. The number of hydrogen-bond donors (Lipinski definition) is 0. The zero-order chi connectivity index (χ0) is 17.2. The summed E-state index contributed by atoms with van der Waals surface area (Å²) in [5.74, 6) is 0.814. The number of nitrogens with zero attached hydrogens (tertiary/aromatic N) is 1. The third-order valence-corrected chi connectivity index (χ3v) is 4.17. The highest BCUT2D eigenvalue weighted by Crippen LogP contribution is 2.40. The molecule has 2 rings (SSSR count). The number of alkyl halides is 1. The van der Waals surface area contributed by atoms with Crippen LogP contribution in [0.5, 0.6) is 5.75 Å². The second kappa shape index (κ2) is 7.37. The predicted octanol–water partition coefficient (Wildman–Crippen LogP) is 4.90. The average Bonchev–Trinajstić information content (AvgIpc) is 2.44. The van der Waals surface area contributed by atoms with E-state index < -0.39 is 5.60 Å². The zero-order valence-corrected chi connectivity index (χ0v) is 15.7. The van der Waals surface area contributed by atoms with Crippen LogP contribution in [-0.4, -0.2) is 35.6 Å². The second-order valence-corrected chi connectivity index (χ2v) is 7.49. The minimum Gasteiger partial charge on any atom is -0.489 e. The van der Waals surface area contributed by atoms with Gasteiger partial charge in [0.15, 0.2) is 5.75 Å². The molecule has 1 aliphatic rings. The first kappa shape index (κ1) is 18.5. The Bertz CT molecular complexity index is 599. The van der Waals surface area contributed by atoms with E-state index in [0.29, 0.717) is 47.8 Å². The Morgan fingerprint density at radius 2 is 2.04 bits per heavy atom. The molecule has 1 heterocycles. The molecule has 0 spiro atoms. The zero-order valence-electron chi connectivity index (χ0n) is 13.4. The van der Waals surface area contributed by atoms with Crippen molar-refractivity contribution in [3.05, 3.63) is 27.2 Å². The van der Waals surface area contributed by atoms with Gasteiger partial charge >= 0.3 is 6.09 Å². The van der Waals surface area contributed by atoms with Crippen LogP contribution in [0, 0.1) is 0 Å². The molecule has 0 saturated carbocycles. The molecule has 0 unspecified atom stereocenters. The van der Waals surface area contributed by atoms with Crippen molar-refractivity contribution in [2.24, 2.45) is 0 Å². The molecule has 0 aliphatic carbocycles. The van der Waals surface area contributed by atoms with Gasteiger partial charge < -0.3 is 14.4 Å². The van der Waals surface area contributed by atoms with Gasteiger partial charge in [-0.2, -0.15) is 0 Å². The molecule has 0 radical (unpaired) electrons. The quantitative estimate of drug-likeness (QED) is 0.700. The predicted molar refractivity (Wildman–Crippen MR) is 93.0 cm³/mol. The van der Waals surface area contributed by atoms with Crippen LogP contribution in [-0.2, 0) is 17.7 Å². The standard InChI is InChI=1S/C16H20Cl3NO3/c1-16(2,3)23-15(21)20-6-4-11-10(9-20)8-12(18)14(13(11)19)22-7-5-17/h8H,4-7,9H2,1-3H3. The SMILES string of the molecule is CC(C)(C)OC(=O)N1CCc2c(cc(Cl)c(OCCCl)c2Cl)C1. The van der Waals surface area contributed by atoms with Gasteiger partial charge in [-0.15, -0.1) is 11.6 Å². The summed E-state index contributed by atoms with van der Waals surface area (Å²) in [5.41, 5.74) is 1.35. The van der Waals surface area contributed by atoms with Crippen molar-refractivity contribution < 1.29 is 14.3 Å². The molecular formula is C16H20Cl3NO3. The molecule has 0 saturated heterocycles. The monoisotopic (exact) mass is 379 g/mol. The number of fused-ring (bicyclic) bond motifs is 1. The van der Waals surface area contributed by atoms with Gasteiger partial charge in [-0.1, -0.05) is 23.2 Å². The Morgan fingerprint density at radius 1 is 1.35 bits per heavy atom. The molecule has 1 aromatic carbocycles. The number of benzene rings is 1. The maximum absolute atomic E-state index is 12.2. The molecular weight excluding hydrogens is 361 g/mol.